The quantitative estimate of drug-likeness (QED) is 0.431. The number of pyridine rings is 1. The smallest absolute Gasteiger partial charge is 0.419 e. The van der Waals surface area contributed by atoms with Crippen LogP contribution in [0.4, 0.5) is 4.79 Å². The van der Waals surface area contributed by atoms with Gasteiger partial charge in [0.2, 0.25) is 5.88 Å². The van der Waals surface area contributed by atoms with E-state index in [2.05, 4.69) is 15.2 Å². The fraction of sp³-hybridized carbons (Fsp3) is 0.208. The minimum atomic E-state index is -0.712. The Labute approximate surface area is 184 Å². The first-order chi connectivity index (χ1) is 15.3. The summed E-state index contributed by atoms with van der Waals surface area (Å²) in [6, 6.07) is 12.4. The predicted octanol–water partition coefficient (Wildman–Crippen LogP) is 4.76. The zero-order valence-corrected chi connectivity index (χ0v) is 18.2. The van der Waals surface area contributed by atoms with Crippen molar-refractivity contribution in [2.45, 2.75) is 26.4 Å². The summed E-state index contributed by atoms with van der Waals surface area (Å²) in [5.41, 5.74) is 2.77. The molecule has 0 N–H and O–H groups in total. The first-order valence-corrected chi connectivity index (χ1v) is 9.97. The number of carbonyl (C=O) groups excluding carboxylic acids is 2. The van der Waals surface area contributed by atoms with Crippen LogP contribution in [0.2, 0.25) is 0 Å². The summed E-state index contributed by atoms with van der Waals surface area (Å²) in [4.78, 5) is 28.7. The van der Waals surface area contributed by atoms with E-state index in [1.807, 2.05) is 18.2 Å². The number of benzene rings is 1. The van der Waals surface area contributed by atoms with Crippen molar-refractivity contribution < 1.29 is 19.1 Å². The van der Waals surface area contributed by atoms with Crippen LogP contribution in [-0.4, -0.2) is 44.8 Å². The van der Waals surface area contributed by atoms with Crippen molar-refractivity contribution in [2.24, 2.45) is 0 Å². The van der Waals surface area contributed by atoms with Crippen LogP contribution in [0.5, 0.6) is 5.88 Å². The maximum Gasteiger partial charge on any atom is 0.419 e. The second-order valence-corrected chi connectivity index (χ2v) is 8.17. The SMILES string of the molecule is COc1nnc(-c2ccncc2)cc1-c1cc2ccc(C=O)cc2n1C(=O)OC(C)(C)C. The highest BCUT2D eigenvalue weighted by molar-refractivity contribution is 5.99. The third kappa shape index (κ3) is 4.07. The third-order valence-electron chi connectivity index (χ3n) is 4.75. The number of hydrogen-bond acceptors (Lipinski definition) is 7. The molecule has 4 aromatic rings. The molecular formula is C24H22N4O4. The van der Waals surface area contributed by atoms with E-state index in [1.54, 1.807) is 57.4 Å². The van der Waals surface area contributed by atoms with Gasteiger partial charge in [-0.25, -0.2) is 9.36 Å². The Bertz CT molecular complexity index is 1310. The van der Waals surface area contributed by atoms with Gasteiger partial charge in [-0.2, -0.15) is 0 Å². The van der Waals surface area contributed by atoms with Crippen molar-refractivity contribution >= 4 is 23.3 Å². The van der Waals surface area contributed by atoms with Gasteiger partial charge < -0.3 is 9.47 Å². The standard InChI is InChI=1S/C24H22N4O4/c1-24(2,3)32-23(30)28-20-11-15(14-29)5-6-17(20)12-21(28)18-13-19(26-27-22(18)31-4)16-7-9-25-10-8-16/h5-14H,1-4H3. The van der Waals surface area contributed by atoms with Crippen LogP contribution in [0, 0.1) is 0 Å². The topological polar surface area (TPSA) is 96.2 Å². The van der Waals surface area contributed by atoms with Gasteiger partial charge in [-0.15, -0.1) is 10.2 Å². The molecule has 162 valence electrons. The number of nitrogens with zero attached hydrogens (tertiary/aromatic N) is 4. The molecule has 0 aliphatic rings. The Morgan fingerprint density at radius 1 is 1.03 bits per heavy atom. The normalized spacial score (nSPS) is 11.4. The van der Waals surface area contributed by atoms with E-state index >= 15 is 0 Å². The third-order valence-corrected chi connectivity index (χ3v) is 4.75. The van der Waals surface area contributed by atoms with Crippen LogP contribution in [-0.2, 0) is 4.74 Å². The molecule has 4 rings (SSSR count). The van der Waals surface area contributed by atoms with Crippen LogP contribution in [0.3, 0.4) is 0 Å². The average molecular weight is 430 g/mol. The predicted molar refractivity (Wildman–Crippen MR) is 120 cm³/mol. The molecule has 0 radical (unpaired) electrons. The van der Waals surface area contributed by atoms with Crippen molar-refractivity contribution in [2.75, 3.05) is 7.11 Å². The minimum Gasteiger partial charge on any atom is -0.479 e. The summed E-state index contributed by atoms with van der Waals surface area (Å²) in [6.45, 7) is 5.38. The van der Waals surface area contributed by atoms with Gasteiger partial charge >= 0.3 is 6.09 Å². The lowest BCUT2D eigenvalue weighted by Gasteiger charge is -2.21. The van der Waals surface area contributed by atoms with Gasteiger partial charge in [-0.1, -0.05) is 12.1 Å². The number of aldehydes is 1. The first kappa shape index (κ1) is 21.2. The summed E-state index contributed by atoms with van der Waals surface area (Å²) in [7, 11) is 1.49. The molecule has 32 heavy (non-hydrogen) atoms. The zero-order chi connectivity index (χ0) is 22.9. The van der Waals surface area contributed by atoms with Crippen LogP contribution in [0.25, 0.3) is 33.4 Å². The molecule has 0 fully saturated rings. The second-order valence-electron chi connectivity index (χ2n) is 8.17. The Morgan fingerprint density at radius 3 is 2.44 bits per heavy atom. The van der Waals surface area contributed by atoms with E-state index in [0.717, 1.165) is 17.2 Å². The molecule has 8 nitrogen and oxygen atoms in total. The van der Waals surface area contributed by atoms with Gasteiger partial charge in [0.15, 0.2) is 0 Å². The Balaban J connectivity index is 1.99. The summed E-state index contributed by atoms with van der Waals surface area (Å²) in [5.74, 6) is 0.256. The largest absolute Gasteiger partial charge is 0.479 e. The van der Waals surface area contributed by atoms with Crippen LogP contribution in [0.1, 0.15) is 31.1 Å². The summed E-state index contributed by atoms with van der Waals surface area (Å²) >= 11 is 0. The lowest BCUT2D eigenvalue weighted by molar-refractivity contribution is 0.0547. The van der Waals surface area contributed by atoms with Crippen molar-refractivity contribution in [1.29, 1.82) is 0 Å². The number of rotatable bonds is 4. The zero-order valence-electron chi connectivity index (χ0n) is 18.2. The fourth-order valence-corrected chi connectivity index (χ4v) is 3.37. The number of ether oxygens (including phenoxy) is 2. The van der Waals surface area contributed by atoms with Gasteiger partial charge in [-0.05, 0) is 51.1 Å². The molecule has 3 aromatic heterocycles. The molecule has 3 heterocycles. The maximum atomic E-state index is 13.3. The molecule has 0 spiro atoms. The number of fused-ring (bicyclic) bond motifs is 1. The van der Waals surface area contributed by atoms with E-state index in [1.165, 1.54) is 11.7 Å². The molecule has 0 amide bonds. The minimum absolute atomic E-state index is 0.256. The van der Waals surface area contributed by atoms with Gasteiger partial charge in [0.1, 0.15) is 11.9 Å². The maximum absolute atomic E-state index is 13.3. The number of carbonyl (C=O) groups is 2. The average Bonchev–Trinajstić information content (AvgIpc) is 3.16. The van der Waals surface area contributed by atoms with Crippen molar-refractivity contribution in [1.82, 2.24) is 19.7 Å². The lowest BCUT2D eigenvalue weighted by atomic mass is 10.1. The molecule has 0 bridgehead atoms. The van der Waals surface area contributed by atoms with Crippen molar-refractivity contribution in [3.63, 3.8) is 0 Å². The van der Waals surface area contributed by atoms with E-state index in [4.69, 9.17) is 9.47 Å². The second kappa shape index (κ2) is 8.22. The number of hydrogen-bond donors (Lipinski definition) is 0. The molecule has 0 saturated heterocycles. The Morgan fingerprint density at radius 2 is 1.78 bits per heavy atom. The van der Waals surface area contributed by atoms with Gasteiger partial charge in [0.05, 0.1) is 29.6 Å². The monoisotopic (exact) mass is 430 g/mol. The summed E-state index contributed by atoms with van der Waals surface area (Å²) < 4.78 is 12.6. The molecule has 0 unspecified atom stereocenters. The van der Waals surface area contributed by atoms with Crippen LogP contribution in [0.15, 0.2) is 54.9 Å². The molecular weight excluding hydrogens is 408 g/mol. The van der Waals surface area contributed by atoms with E-state index in [-0.39, 0.29) is 5.88 Å². The van der Waals surface area contributed by atoms with Crippen molar-refractivity contribution in [3.05, 3.63) is 60.4 Å². The molecule has 1 aromatic carbocycles. The lowest BCUT2D eigenvalue weighted by Crippen LogP contribution is -2.27. The van der Waals surface area contributed by atoms with Gasteiger partial charge in [-0.3, -0.25) is 9.78 Å². The number of methoxy groups -OCH3 is 1. The van der Waals surface area contributed by atoms with Crippen molar-refractivity contribution in [3.8, 4) is 28.4 Å². The fourth-order valence-electron chi connectivity index (χ4n) is 3.37. The van der Waals surface area contributed by atoms with E-state index in [0.29, 0.717) is 28.0 Å². The molecule has 8 heteroatoms. The van der Waals surface area contributed by atoms with Gasteiger partial charge in [0.25, 0.3) is 0 Å². The molecule has 0 atom stereocenters. The first-order valence-electron chi connectivity index (χ1n) is 9.97. The van der Waals surface area contributed by atoms with Crippen LogP contribution >= 0.6 is 0 Å². The molecule has 0 aliphatic heterocycles. The Hall–Kier alpha value is -4.07. The van der Waals surface area contributed by atoms with E-state index < -0.39 is 11.7 Å². The summed E-state index contributed by atoms with van der Waals surface area (Å²) in [6.07, 6.45) is 3.50. The number of aromatic nitrogens is 4. The van der Waals surface area contributed by atoms with Gasteiger partial charge in [0, 0.05) is 28.9 Å². The highest BCUT2D eigenvalue weighted by Gasteiger charge is 2.25. The molecule has 0 saturated carbocycles. The highest BCUT2D eigenvalue weighted by Crippen LogP contribution is 2.35. The highest BCUT2D eigenvalue weighted by atomic mass is 16.6. The Kier molecular flexibility index (Phi) is 5.44. The van der Waals surface area contributed by atoms with Crippen LogP contribution < -0.4 is 4.74 Å². The molecule has 0 aliphatic carbocycles. The summed E-state index contributed by atoms with van der Waals surface area (Å²) in [5, 5.41) is 9.23. The van der Waals surface area contributed by atoms with E-state index in [9.17, 15) is 9.59 Å².